The minimum atomic E-state index is -4.69. The van der Waals surface area contributed by atoms with Crippen LogP contribution in [0.1, 0.15) is 28.4 Å². The summed E-state index contributed by atoms with van der Waals surface area (Å²) < 4.78 is 95.1. The summed E-state index contributed by atoms with van der Waals surface area (Å²) in [6.07, 6.45) is -4.12. The maximum atomic E-state index is 15.3. The average molecular weight is 508 g/mol. The van der Waals surface area contributed by atoms with Gasteiger partial charge in [-0.1, -0.05) is 0 Å². The van der Waals surface area contributed by atoms with E-state index in [-0.39, 0.29) is 22.2 Å². The number of benzene rings is 2. The molecule has 0 bridgehead atoms. The lowest BCUT2D eigenvalue weighted by Gasteiger charge is -2.16. The monoisotopic (exact) mass is 508 g/mol. The van der Waals surface area contributed by atoms with Gasteiger partial charge in [-0.3, -0.25) is 4.72 Å². The number of fused-ring (bicyclic) bond motifs is 1. The van der Waals surface area contributed by atoms with Crippen molar-refractivity contribution < 1.29 is 35.5 Å². The molecule has 0 amide bonds. The zero-order valence-electron chi connectivity index (χ0n) is 17.2. The van der Waals surface area contributed by atoms with Crippen LogP contribution in [0.3, 0.4) is 0 Å². The molecule has 0 fully saturated rings. The second-order valence-electron chi connectivity index (χ2n) is 7.29. The number of pyridine rings is 1. The van der Waals surface area contributed by atoms with Gasteiger partial charge in [-0.2, -0.15) is 18.4 Å². The molecule has 35 heavy (non-hydrogen) atoms. The second kappa shape index (κ2) is 8.64. The van der Waals surface area contributed by atoms with Gasteiger partial charge in [-0.15, -0.1) is 0 Å². The third-order valence-corrected chi connectivity index (χ3v) is 6.54. The number of rotatable bonds is 5. The summed E-state index contributed by atoms with van der Waals surface area (Å²) in [5.41, 5.74) is -2.57. The Morgan fingerprint density at radius 1 is 1.09 bits per heavy atom. The topological polar surface area (TPSA) is 119 Å². The van der Waals surface area contributed by atoms with E-state index in [0.29, 0.717) is 30.3 Å². The first-order valence-electron chi connectivity index (χ1n) is 9.66. The molecule has 1 atom stereocenters. The molecule has 2 heterocycles. The Kier molecular flexibility index (Phi) is 5.95. The molecule has 0 aliphatic heterocycles. The van der Waals surface area contributed by atoms with Gasteiger partial charge in [-0.25, -0.2) is 22.2 Å². The number of nitrogens with zero attached hydrogens (tertiary/aromatic N) is 2. The molecular formula is C22H13F5N4O3S. The molecule has 4 aromatic rings. The quantitative estimate of drug-likeness (QED) is 0.340. The van der Waals surface area contributed by atoms with Crippen LogP contribution in [-0.2, 0) is 16.2 Å². The molecule has 0 aliphatic rings. The summed E-state index contributed by atoms with van der Waals surface area (Å²) in [5.74, 6) is -2.66. The maximum Gasteiger partial charge on any atom is 0.416 e. The molecule has 0 radical (unpaired) electrons. The standard InChI is InChI=1S/C22H13F5N4O3S/c23-15-5-6-16(31-35(33,34)13-3-1-12(2-4-13)22(25,26)27)19(24)18(15)20(32)14-10-30-21-17(14)11(9-28)7-8-29-21/h1-8,10,20,31-32H,(H,29,30). The number of aromatic nitrogens is 2. The van der Waals surface area contributed by atoms with Gasteiger partial charge in [0.2, 0.25) is 0 Å². The van der Waals surface area contributed by atoms with Crippen molar-refractivity contribution in [3.05, 3.63) is 88.7 Å². The fourth-order valence-electron chi connectivity index (χ4n) is 3.47. The molecule has 180 valence electrons. The van der Waals surface area contributed by atoms with E-state index in [9.17, 15) is 36.3 Å². The molecule has 4 rings (SSSR count). The van der Waals surface area contributed by atoms with Crippen molar-refractivity contribution in [3.8, 4) is 6.07 Å². The van der Waals surface area contributed by atoms with Gasteiger partial charge < -0.3 is 10.1 Å². The van der Waals surface area contributed by atoms with Crippen molar-refractivity contribution in [1.82, 2.24) is 9.97 Å². The van der Waals surface area contributed by atoms with E-state index in [2.05, 4.69) is 9.97 Å². The van der Waals surface area contributed by atoms with E-state index >= 15 is 4.39 Å². The van der Waals surface area contributed by atoms with Gasteiger partial charge in [0.05, 0.1) is 33.3 Å². The number of aliphatic hydroxyl groups is 1. The van der Waals surface area contributed by atoms with Crippen LogP contribution < -0.4 is 4.72 Å². The molecule has 1 unspecified atom stereocenters. The van der Waals surface area contributed by atoms with Crippen LogP contribution in [0.25, 0.3) is 11.0 Å². The Labute approximate surface area is 194 Å². The second-order valence-corrected chi connectivity index (χ2v) is 8.97. The number of H-pyrrole nitrogens is 1. The number of anilines is 1. The fourth-order valence-corrected chi connectivity index (χ4v) is 4.53. The third kappa shape index (κ3) is 4.41. The number of alkyl halides is 3. The van der Waals surface area contributed by atoms with E-state index in [1.54, 1.807) is 0 Å². The lowest BCUT2D eigenvalue weighted by molar-refractivity contribution is -0.137. The Morgan fingerprint density at radius 2 is 1.77 bits per heavy atom. The van der Waals surface area contributed by atoms with Crippen molar-refractivity contribution in [1.29, 1.82) is 5.26 Å². The third-order valence-electron chi connectivity index (χ3n) is 5.16. The van der Waals surface area contributed by atoms with E-state index in [1.807, 2.05) is 10.8 Å². The molecule has 2 aromatic carbocycles. The lowest BCUT2D eigenvalue weighted by atomic mass is 9.98. The molecule has 0 saturated heterocycles. The highest BCUT2D eigenvalue weighted by Crippen LogP contribution is 2.36. The number of hydrogen-bond donors (Lipinski definition) is 3. The number of nitriles is 1. The van der Waals surface area contributed by atoms with Gasteiger partial charge in [0.1, 0.15) is 17.6 Å². The minimum absolute atomic E-state index is 0.0743. The fraction of sp³-hybridized carbons (Fsp3) is 0.0909. The van der Waals surface area contributed by atoms with Gasteiger partial charge >= 0.3 is 6.18 Å². The summed E-state index contributed by atoms with van der Waals surface area (Å²) in [6, 6.07) is 7.16. The number of nitrogens with one attached hydrogen (secondary N) is 2. The van der Waals surface area contributed by atoms with Gasteiger partial charge in [0, 0.05) is 23.3 Å². The molecule has 7 nitrogen and oxygen atoms in total. The van der Waals surface area contributed by atoms with Gasteiger partial charge in [0.25, 0.3) is 10.0 Å². The molecule has 3 N–H and O–H groups in total. The average Bonchev–Trinajstić information content (AvgIpc) is 3.25. The van der Waals surface area contributed by atoms with E-state index in [4.69, 9.17) is 0 Å². The van der Waals surface area contributed by atoms with Crippen LogP contribution in [0.2, 0.25) is 0 Å². The normalized spacial score (nSPS) is 12.9. The molecule has 0 spiro atoms. The van der Waals surface area contributed by atoms with Gasteiger partial charge in [-0.05, 0) is 42.5 Å². The molecule has 0 aliphatic carbocycles. The number of hydrogen-bond acceptors (Lipinski definition) is 5. The van der Waals surface area contributed by atoms with Crippen LogP contribution in [0, 0.1) is 23.0 Å². The molecule has 2 aromatic heterocycles. The Bertz CT molecular complexity index is 1580. The van der Waals surface area contributed by atoms with Gasteiger partial charge in [0.15, 0.2) is 5.82 Å². The summed E-state index contributed by atoms with van der Waals surface area (Å²) >= 11 is 0. The lowest BCUT2D eigenvalue weighted by Crippen LogP contribution is -2.16. The summed E-state index contributed by atoms with van der Waals surface area (Å²) in [5, 5.41) is 20.2. The zero-order chi connectivity index (χ0) is 25.5. The zero-order valence-corrected chi connectivity index (χ0v) is 18.0. The summed E-state index contributed by atoms with van der Waals surface area (Å²) in [7, 11) is -4.57. The maximum absolute atomic E-state index is 15.3. The van der Waals surface area contributed by atoms with Crippen LogP contribution in [-0.4, -0.2) is 23.5 Å². The van der Waals surface area contributed by atoms with Crippen LogP contribution in [0.4, 0.5) is 27.6 Å². The smallest absolute Gasteiger partial charge is 0.383 e. The van der Waals surface area contributed by atoms with Crippen LogP contribution in [0.5, 0.6) is 0 Å². The number of sulfonamides is 1. The number of halogens is 5. The highest BCUT2D eigenvalue weighted by molar-refractivity contribution is 7.92. The highest BCUT2D eigenvalue weighted by Gasteiger charge is 2.31. The Morgan fingerprint density at radius 3 is 2.40 bits per heavy atom. The first-order valence-corrected chi connectivity index (χ1v) is 11.1. The summed E-state index contributed by atoms with van der Waals surface area (Å²) in [4.78, 5) is 6.07. The molecule has 0 saturated carbocycles. The van der Waals surface area contributed by atoms with Crippen molar-refractivity contribution in [2.75, 3.05) is 4.72 Å². The van der Waals surface area contributed by atoms with Crippen molar-refractivity contribution in [3.63, 3.8) is 0 Å². The van der Waals surface area contributed by atoms with Crippen molar-refractivity contribution in [2.24, 2.45) is 0 Å². The predicted molar refractivity (Wildman–Crippen MR) is 113 cm³/mol. The van der Waals surface area contributed by atoms with Crippen LogP contribution in [0.15, 0.2) is 59.8 Å². The number of aromatic amines is 1. The Hall–Kier alpha value is -4.02. The van der Waals surface area contributed by atoms with E-state index in [0.717, 1.165) is 6.07 Å². The largest absolute Gasteiger partial charge is 0.416 e. The molecule has 13 heteroatoms. The highest BCUT2D eigenvalue weighted by atomic mass is 32.2. The molecular weight excluding hydrogens is 495 g/mol. The van der Waals surface area contributed by atoms with Crippen molar-refractivity contribution >= 4 is 26.7 Å². The first kappa shape index (κ1) is 24.1. The van der Waals surface area contributed by atoms with Crippen molar-refractivity contribution in [2.45, 2.75) is 17.2 Å². The van der Waals surface area contributed by atoms with E-state index in [1.165, 1.54) is 18.5 Å². The van der Waals surface area contributed by atoms with E-state index < -0.39 is 55.6 Å². The predicted octanol–water partition coefficient (Wildman–Crippen LogP) is 4.61. The minimum Gasteiger partial charge on any atom is -0.383 e. The first-order chi connectivity index (χ1) is 16.4. The van der Waals surface area contributed by atoms with Crippen LogP contribution >= 0.6 is 0 Å². The number of aliphatic hydroxyl groups excluding tert-OH is 1. The summed E-state index contributed by atoms with van der Waals surface area (Å²) in [6.45, 7) is 0. The Balaban J connectivity index is 1.73. The SMILES string of the molecule is N#Cc1ccnc2[nH]cc(C(O)c3c(F)ccc(NS(=O)(=O)c4ccc(C(F)(F)F)cc4)c3F)c12.